The lowest BCUT2D eigenvalue weighted by Gasteiger charge is -2.28. The molecule has 0 aromatic carbocycles. The highest BCUT2D eigenvalue weighted by molar-refractivity contribution is 9.11. The van der Waals surface area contributed by atoms with Crippen molar-refractivity contribution in [2.24, 2.45) is 5.73 Å². The number of carbonyl (C=O) groups is 1. The van der Waals surface area contributed by atoms with E-state index in [2.05, 4.69) is 21.2 Å². The smallest absolute Gasteiger partial charge is 0.252 e. The van der Waals surface area contributed by atoms with Crippen LogP contribution in [0.4, 0.5) is 0 Å². The van der Waals surface area contributed by atoms with Crippen molar-refractivity contribution in [2.45, 2.75) is 31.2 Å². The van der Waals surface area contributed by atoms with Crippen LogP contribution in [-0.4, -0.2) is 18.0 Å². The van der Waals surface area contributed by atoms with Crippen LogP contribution in [0.5, 0.6) is 0 Å². The van der Waals surface area contributed by atoms with E-state index in [4.69, 9.17) is 5.73 Å². The molecule has 0 bridgehead atoms. The van der Waals surface area contributed by atoms with Crippen molar-refractivity contribution in [3.8, 4) is 0 Å². The normalized spacial score (nSPS) is 18.6. The van der Waals surface area contributed by atoms with Gasteiger partial charge in [0.25, 0.3) is 5.91 Å². The van der Waals surface area contributed by atoms with Gasteiger partial charge in [-0.25, -0.2) is 0 Å². The van der Waals surface area contributed by atoms with Gasteiger partial charge in [-0.2, -0.15) is 0 Å². The van der Waals surface area contributed by atoms with Gasteiger partial charge in [0.1, 0.15) is 0 Å². The molecular formula is C11H15BrN2OS. The van der Waals surface area contributed by atoms with Crippen LogP contribution in [0.1, 0.15) is 36.0 Å². The Hall–Kier alpha value is -0.390. The molecule has 1 amide bonds. The second kappa shape index (κ2) is 4.85. The average molecular weight is 303 g/mol. The molecule has 0 aliphatic heterocycles. The maximum absolute atomic E-state index is 12.0. The Morgan fingerprint density at radius 2 is 2.25 bits per heavy atom. The molecule has 1 aliphatic carbocycles. The van der Waals surface area contributed by atoms with Gasteiger partial charge < -0.3 is 11.1 Å². The van der Waals surface area contributed by atoms with Gasteiger partial charge in [0, 0.05) is 11.9 Å². The SMILES string of the molecule is NCC1(NC(=O)c2csc(Br)c2)CCCC1. The van der Waals surface area contributed by atoms with E-state index in [0.717, 1.165) is 35.0 Å². The molecule has 0 atom stereocenters. The molecule has 1 aromatic rings. The summed E-state index contributed by atoms with van der Waals surface area (Å²) in [7, 11) is 0. The van der Waals surface area contributed by atoms with Crippen molar-refractivity contribution >= 4 is 33.2 Å². The van der Waals surface area contributed by atoms with Gasteiger partial charge in [-0.3, -0.25) is 4.79 Å². The maximum Gasteiger partial charge on any atom is 0.252 e. The van der Waals surface area contributed by atoms with E-state index in [0.29, 0.717) is 6.54 Å². The third-order valence-corrected chi connectivity index (χ3v) is 4.66. The van der Waals surface area contributed by atoms with Crippen LogP contribution in [0.2, 0.25) is 0 Å². The Morgan fingerprint density at radius 1 is 1.56 bits per heavy atom. The van der Waals surface area contributed by atoms with Gasteiger partial charge in [0.05, 0.1) is 14.9 Å². The summed E-state index contributed by atoms with van der Waals surface area (Å²) in [6, 6.07) is 1.85. The fourth-order valence-corrected chi connectivity index (χ4v) is 3.31. The summed E-state index contributed by atoms with van der Waals surface area (Å²) >= 11 is 4.88. The second-order valence-electron chi connectivity index (χ2n) is 4.29. The molecule has 5 heteroatoms. The van der Waals surface area contributed by atoms with E-state index in [-0.39, 0.29) is 11.4 Å². The molecule has 0 saturated heterocycles. The predicted molar refractivity (Wildman–Crippen MR) is 69.7 cm³/mol. The molecule has 0 spiro atoms. The van der Waals surface area contributed by atoms with Crippen molar-refractivity contribution in [3.63, 3.8) is 0 Å². The largest absolute Gasteiger partial charge is 0.345 e. The number of halogens is 1. The molecule has 1 saturated carbocycles. The number of nitrogens with two attached hydrogens (primary N) is 1. The lowest BCUT2D eigenvalue weighted by molar-refractivity contribution is 0.0903. The van der Waals surface area contributed by atoms with Crippen molar-refractivity contribution in [1.29, 1.82) is 0 Å². The molecular weight excluding hydrogens is 288 g/mol. The molecule has 1 aromatic heterocycles. The number of thiophene rings is 1. The molecule has 16 heavy (non-hydrogen) atoms. The number of hydrogen-bond acceptors (Lipinski definition) is 3. The van der Waals surface area contributed by atoms with Gasteiger partial charge in [-0.15, -0.1) is 11.3 Å². The Morgan fingerprint density at radius 3 is 2.75 bits per heavy atom. The number of nitrogens with one attached hydrogen (secondary N) is 1. The standard InChI is InChI=1S/C11H15BrN2OS/c12-9-5-8(6-16-9)10(15)14-11(7-13)3-1-2-4-11/h5-6H,1-4,7,13H2,(H,14,15). The van der Waals surface area contributed by atoms with Gasteiger partial charge in [0.2, 0.25) is 0 Å². The van der Waals surface area contributed by atoms with Gasteiger partial charge in [-0.1, -0.05) is 12.8 Å². The Bertz CT molecular complexity index is 385. The first kappa shape index (κ1) is 12.1. The van der Waals surface area contributed by atoms with Crippen molar-refractivity contribution in [2.75, 3.05) is 6.54 Å². The fraction of sp³-hybridized carbons (Fsp3) is 0.545. The van der Waals surface area contributed by atoms with E-state index in [9.17, 15) is 4.79 Å². The minimum Gasteiger partial charge on any atom is -0.345 e. The molecule has 1 fully saturated rings. The van der Waals surface area contributed by atoms with Crippen LogP contribution < -0.4 is 11.1 Å². The van der Waals surface area contributed by atoms with E-state index in [1.165, 1.54) is 11.3 Å². The third-order valence-electron chi connectivity index (χ3n) is 3.16. The monoisotopic (exact) mass is 302 g/mol. The number of amides is 1. The van der Waals surface area contributed by atoms with E-state index in [1.54, 1.807) is 0 Å². The summed E-state index contributed by atoms with van der Waals surface area (Å²) < 4.78 is 0.978. The quantitative estimate of drug-likeness (QED) is 0.901. The summed E-state index contributed by atoms with van der Waals surface area (Å²) in [4.78, 5) is 12.0. The third kappa shape index (κ3) is 2.47. The molecule has 1 heterocycles. The van der Waals surface area contributed by atoms with Crippen LogP contribution in [0.25, 0.3) is 0 Å². The Kier molecular flexibility index (Phi) is 3.66. The highest BCUT2D eigenvalue weighted by Gasteiger charge is 2.34. The number of carbonyl (C=O) groups excluding carboxylic acids is 1. The van der Waals surface area contributed by atoms with Crippen molar-refractivity contribution in [3.05, 3.63) is 20.8 Å². The van der Waals surface area contributed by atoms with E-state index in [1.807, 2.05) is 11.4 Å². The first-order chi connectivity index (χ1) is 7.65. The molecule has 3 N–H and O–H groups in total. The van der Waals surface area contributed by atoms with Crippen LogP contribution >= 0.6 is 27.3 Å². The maximum atomic E-state index is 12.0. The van der Waals surface area contributed by atoms with Crippen LogP contribution in [0.15, 0.2) is 15.2 Å². The first-order valence-electron chi connectivity index (χ1n) is 5.42. The van der Waals surface area contributed by atoms with Gasteiger partial charge in [0.15, 0.2) is 0 Å². The zero-order valence-electron chi connectivity index (χ0n) is 8.96. The van der Waals surface area contributed by atoms with Crippen LogP contribution in [0.3, 0.4) is 0 Å². The Labute approximate surface area is 108 Å². The minimum absolute atomic E-state index is 0.00528. The zero-order valence-corrected chi connectivity index (χ0v) is 11.4. The fourth-order valence-electron chi connectivity index (χ4n) is 2.17. The highest BCUT2D eigenvalue weighted by Crippen LogP contribution is 2.29. The second-order valence-corrected chi connectivity index (χ2v) is 6.58. The van der Waals surface area contributed by atoms with Crippen molar-refractivity contribution < 1.29 is 4.79 Å². The van der Waals surface area contributed by atoms with Gasteiger partial charge >= 0.3 is 0 Å². The summed E-state index contributed by atoms with van der Waals surface area (Å²) in [5.41, 5.74) is 6.34. The summed E-state index contributed by atoms with van der Waals surface area (Å²) in [6.45, 7) is 0.532. The predicted octanol–water partition coefficient (Wildman–Crippen LogP) is 2.51. The molecule has 0 radical (unpaired) electrons. The molecule has 88 valence electrons. The first-order valence-corrected chi connectivity index (χ1v) is 7.09. The van der Waals surface area contributed by atoms with Crippen LogP contribution in [0, 0.1) is 0 Å². The topological polar surface area (TPSA) is 55.1 Å². The van der Waals surface area contributed by atoms with Crippen molar-refractivity contribution in [1.82, 2.24) is 5.32 Å². The Balaban J connectivity index is 2.06. The van der Waals surface area contributed by atoms with E-state index < -0.39 is 0 Å². The minimum atomic E-state index is -0.161. The molecule has 0 unspecified atom stereocenters. The molecule has 3 nitrogen and oxygen atoms in total. The van der Waals surface area contributed by atoms with Gasteiger partial charge in [-0.05, 0) is 34.8 Å². The number of rotatable bonds is 3. The summed E-state index contributed by atoms with van der Waals surface area (Å²) in [6.07, 6.45) is 4.32. The number of hydrogen-bond donors (Lipinski definition) is 2. The molecule has 2 rings (SSSR count). The lowest BCUT2D eigenvalue weighted by Crippen LogP contribution is -2.51. The molecule has 1 aliphatic rings. The summed E-state index contributed by atoms with van der Waals surface area (Å²) in [5.74, 6) is -0.00528. The zero-order chi connectivity index (χ0) is 11.6. The lowest BCUT2D eigenvalue weighted by atomic mass is 9.97. The van der Waals surface area contributed by atoms with Crippen LogP contribution in [-0.2, 0) is 0 Å². The summed E-state index contributed by atoms with van der Waals surface area (Å²) in [5, 5.41) is 4.95. The van der Waals surface area contributed by atoms with E-state index >= 15 is 0 Å². The highest BCUT2D eigenvalue weighted by atomic mass is 79.9. The average Bonchev–Trinajstić information content (AvgIpc) is 2.88.